The van der Waals surface area contributed by atoms with Crippen LogP contribution in [0.15, 0.2) is 36.5 Å². The predicted molar refractivity (Wildman–Crippen MR) is 113 cm³/mol. The van der Waals surface area contributed by atoms with Gasteiger partial charge in [0.15, 0.2) is 0 Å². The van der Waals surface area contributed by atoms with Crippen LogP contribution in [0.4, 0.5) is 0 Å². The Morgan fingerprint density at radius 3 is 2.61 bits per heavy atom. The minimum atomic E-state index is -0.340. The van der Waals surface area contributed by atoms with Crippen LogP contribution in [-0.4, -0.2) is 23.5 Å². The molecule has 0 spiro atoms. The number of hydrogen-bond donors (Lipinski definition) is 1. The van der Waals surface area contributed by atoms with Crippen LogP contribution in [0.1, 0.15) is 67.2 Å². The van der Waals surface area contributed by atoms with Crippen molar-refractivity contribution in [2.75, 3.05) is 7.11 Å². The van der Waals surface area contributed by atoms with Gasteiger partial charge in [-0.05, 0) is 56.9 Å². The first-order chi connectivity index (χ1) is 13.4. The number of fused-ring (bicyclic) bond motifs is 1. The molecule has 0 bridgehead atoms. The second-order valence-corrected chi connectivity index (χ2v) is 8.61. The highest BCUT2D eigenvalue weighted by atomic mass is 16.5. The van der Waals surface area contributed by atoms with E-state index in [0.29, 0.717) is 17.2 Å². The zero-order valence-corrected chi connectivity index (χ0v) is 17.5. The first-order valence-electron chi connectivity index (χ1n) is 10.3. The van der Waals surface area contributed by atoms with E-state index in [1.54, 1.807) is 13.3 Å². The average Bonchev–Trinajstić information content (AvgIpc) is 2.66. The smallest absolute Gasteiger partial charge is 0.257 e. The molecular weight excluding hydrogens is 348 g/mol. The van der Waals surface area contributed by atoms with Crippen molar-refractivity contribution in [3.05, 3.63) is 58.9 Å². The number of hydrogen-bond acceptors (Lipinski definition) is 3. The molecule has 1 unspecified atom stereocenters. The maximum absolute atomic E-state index is 13.3. The molecule has 4 nitrogen and oxygen atoms in total. The van der Waals surface area contributed by atoms with Crippen molar-refractivity contribution in [1.82, 2.24) is 10.3 Å². The molecule has 28 heavy (non-hydrogen) atoms. The minimum Gasteiger partial charge on any atom is -0.496 e. The second kappa shape index (κ2) is 8.76. The summed E-state index contributed by atoms with van der Waals surface area (Å²) >= 11 is 0. The molecule has 1 aliphatic carbocycles. The summed E-state index contributed by atoms with van der Waals surface area (Å²) < 4.78 is 5.68. The van der Waals surface area contributed by atoms with E-state index >= 15 is 0 Å². The number of aromatic nitrogens is 1. The van der Waals surface area contributed by atoms with Crippen molar-refractivity contribution >= 4 is 5.91 Å². The molecule has 0 saturated heterocycles. The first-order valence-corrected chi connectivity index (χ1v) is 10.3. The summed E-state index contributed by atoms with van der Waals surface area (Å²) in [4.78, 5) is 17.8. The zero-order valence-electron chi connectivity index (χ0n) is 17.5. The van der Waals surface area contributed by atoms with Gasteiger partial charge in [-0.3, -0.25) is 9.78 Å². The van der Waals surface area contributed by atoms with Crippen LogP contribution in [-0.2, 0) is 19.3 Å². The third kappa shape index (κ3) is 4.73. The van der Waals surface area contributed by atoms with Crippen molar-refractivity contribution in [3.63, 3.8) is 0 Å². The molecule has 1 amide bonds. The summed E-state index contributed by atoms with van der Waals surface area (Å²) in [5.74, 6) is 1.07. The van der Waals surface area contributed by atoms with Gasteiger partial charge in [-0.25, -0.2) is 0 Å². The summed E-state index contributed by atoms with van der Waals surface area (Å²) in [6, 6.07) is 10.3. The lowest BCUT2D eigenvalue weighted by atomic mass is 9.84. The highest BCUT2D eigenvalue weighted by molar-refractivity contribution is 5.97. The van der Waals surface area contributed by atoms with Crippen LogP contribution in [0.2, 0.25) is 0 Å². The largest absolute Gasteiger partial charge is 0.496 e. The fourth-order valence-electron chi connectivity index (χ4n) is 4.49. The van der Waals surface area contributed by atoms with E-state index in [9.17, 15) is 4.79 Å². The fourth-order valence-corrected chi connectivity index (χ4v) is 4.49. The SMILES string of the molecule is COc1c(C(=O)NC(C)(Cc2ccccc2)CC(C)C)cnc2c1CCCC2. The number of rotatable bonds is 7. The third-order valence-electron chi connectivity index (χ3n) is 5.47. The van der Waals surface area contributed by atoms with E-state index in [0.717, 1.165) is 49.8 Å². The fraction of sp³-hybridized carbons (Fsp3) is 0.500. The molecule has 150 valence electrons. The summed E-state index contributed by atoms with van der Waals surface area (Å²) in [5.41, 5.74) is 3.62. The van der Waals surface area contributed by atoms with Crippen molar-refractivity contribution in [2.24, 2.45) is 5.92 Å². The van der Waals surface area contributed by atoms with E-state index < -0.39 is 0 Å². The molecule has 3 rings (SSSR count). The molecule has 1 aromatic carbocycles. The highest BCUT2D eigenvalue weighted by Crippen LogP contribution is 2.32. The average molecular weight is 381 g/mol. The lowest BCUT2D eigenvalue weighted by molar-refractivity contribution is 0.0890. The molecule has 1 atom stereocenters. The maximum Gasteiger partial charge on any atom is 0.257 e. The van der Waals surface area contributed by atoms with E-state index in [1.807, 2.05) is 18.2 Å². The molecule has 0 aliphatic heterocycles. The Labute approximate surface area is 168 Å². The number of aryl methyl sites for hydroxylation is 1. The molecule has 4 heteroatoms. The summed E-state index contributed by atoms with van der Waals surface area (Å²) in [6.45, 7) is 6.52. The van der Waals surface area contributed by atoms with Gasteiger partial charge in [0.1, 0.15) is 5.75 Å². The number of pyridine rings is 1. The molecule has 1 aromatic heterocycles. The minimum absolute atomic E-state index is 0.100. The number of nitrogens with zero attached hydrogens (tertiary/aromatic N) is 1. The quantitative estimate of drug-likeness (QED) is 0.754. The Hall–Kier alpha value is -2.36. The van der Waals surface area contributed by atoms with Gasteiger partial charge in [-0.15, -0.1) is 0 Å². The molecule has 0 fully saturated rings. The van der Waals surface area contributed by atoms with Crippen molar-refractivity contribution in [3.8, 4) is 5.75 Å². The van der Waals surface area contributed by atoms with Crippen LogP contribution >= 0.6 is 0 Å². The van der Waals surface area contributed by atoms with E-state index in [-0.39, 0.29) is 11.4 Å². The predicted octanol–water partition coefficient (Wildman–Crippen LogP) is 4.75. The topological polar surface area (TPSA) is 51.2 Å². The Morgan fingerprint density at radius 2 is 1.93 bits per heavy atom. The van der Waals surface area contributed by atoms with Gasteiger partial charge in [0, 0.05) is 23.0 Å². The number of carbonyl (C=O) groups is 1. The zero-order chi connectivity index (χ0) is 20.1. The lowest BCUT2D eigenvalue weighted by Gasteiger charge is -2.33. The van der Waals surface area contributed by atoms with Crippen LogP contribution in [0.5, 0.6) is 5.75 Å². The molecule has 1 aliphatic rings. The number of nitrogens with one attached hydrogen (secondary N) is 1. The van der Waals surface area contributed by atoms with Crippen LogP contribution in [0.3, 0.4) is 0 Å². The summed E-state index contributed by atoms with van der Waals surface area (Å²) in [6.07, 6.45) is 7.55. The Balaban J connectivity index is 1.87. The highest BCUT2D eigenvalue weighted by Gasteiger charge is 2.30. The van der Waals surface area contributed by atoms with E-state index in [2.05, 4.69) is 43.2 Å². The lowest BCUT2D eigenvalue weighted by Crippen LogP contribution is -2.48. The molecule has 0 saturated carbocycles. The van der Waals surface area contributed by atoms with Crippen LogP contribution < -0.4 is 10.1 Å². The molecule has 1 N–H and O–H groups in total. The number of benzene rings is 1. The van der Waals surface area contributed by atoms with Gasteiger partial charge in [0.2, 0.25) is 0 Å². The van der Waals surface area contributed by atoms with Crippen molar-refractivity contribution < 1.29 is 9.53 Å². The van der Waals surface area contributed by atoms with Crippen molar-refractivity contribution in [1.29, 1.82) is 0 Å². The van der Waals surface area contributed by atoms with Crippen LogP contribution in [0.25, 0.3) is 0 Å². The monoisotopic (exact) mass is 380 g/mol. The molecule has 1 heterocycles. The Bertz CT molecular complexity index is 817. The molecule has 0 radical (unpaired) electrons. The van der Waals surface area contributed by atoms with Gasteiger partial charge in [0.05, 0.1) is 12.7 Å². The standard InChI is InChI=1S/C24H32N2O2/c1-17(2)14-24(3,15-18-10-6-5-7-11-18)26-23(27)20-16-25-21-13-9-8-12-19(21)22(20)28-4/h5-7,10-11,16-17H,8-9,12-15H2,1-4H3,(H,26,27). The Morgan fingerprint density at radius 1 is 1.21 bits per heavy atom. The molecule has 2 aromatic rings. The number of amides is 1. The number of ether oxygens (including phenoxy) is 1. The number of carbonyl (C=O) groups excluding carboxylic acids is 1. The number of methoxy groups -OCH3 is 1. The van der Waals surface area contributed by atoms with E-state index in [4.69, 9.17) is 4.74 Å². The van der Waals surface area contributed by atoms with Crippen molar-refractivity contribution in [2.45, 2.75) is 64.8 Å². The van der Waals surface area contributed by atoms with Gasteiger partial charge in [-0.1, -0.05) is 44.2 Å². The van der Waals surface area contributed by atoms with Gasteiger partial charge in [0.25, 0.3) is 5.91 Å². The molecular formula is C24H32N2O2. The summed E-state index contributed by atoms with van der Waals surface area (Å²) in [5, 5.41) is 3.31. The van der Waals surface area contributed by atoms with Gasteiger partial charge in [-0.2, -0.15) is 0 Å². The summed E-state index contributed by atoms with van der Waals surface area (Å²) in [7, 11) is 1.65. The normalized spacial score (nSPS) is 15.6. The Kier molecular flexibility index (Phi) is 6.38. The van der Waals surface area contributed by atoms with Gasteiger partial charge < -0.3 is 10.1 Å². The third-order valence-corrected chi connectivity index (χ3v) is 5.47. The van der Waals surface area contributed by atoms with E-state index in [1.165, 1.54) is 5.56 Å². The first kappa shape index (κ1) is 20.4. The second-order valence-electron chi connectivity index (χ2n) is 8.61. The van der Waals surface area contributed by atoms with Crippen LogP contribution in [0, 0.1) is 5.92 Å². The van der Waals surface area contributed by atoms with Gasteiger partial charge >= 0.3 is 0 Å². The maximum atomic E-state index is 13.3.